The highest BCUT2D eigenvalue weighted by molar-refractivity contribution is 6.07. The second-order valence-corrected chi connectivity index (χ2v) is 9.65. The van der Waals surface area contributed by atoms with Crippen molar-refractivity contribution in [2.75, 3.05) is 0 Å². The van der Waals surface area contributed by atoms with Crippen molar-refractivity contribution in [2.45, 2.75) is 39.3 Å². The predicted molar refractivity (Wildman–Crippen MR) is 150 cm³/mol. The topological polar surface area (TPSA) is 118 Å². The van der Waals surface area contributed by atoms with Crippen molar-refractivity contribution in [3.63, 3.8) is 0 Å². The van der Waals surface area contributed by atoms with Crippen LogP contribution in [0.2, 0.25) is 0 Å². The summed E-state index contributed by atoms with van der Waals surface area (Å²) < 4.78 is 6.16. The number of nitro groups is 1. The lowest BCUT2D eigenvalue weighted by atomic mass is 9.93. The number of carbonyl (C=O) groups excluding carboxylic acids is 2. The van der Waals surface area contributed by atoms with Gasteiger partial charge in [0.15, 0.2) is 5.76 Å². The number of rotatable bonds is 8. The summed E-state index contributed by atoms with van der Waals surface area (Å²) in [5.74, 6) is 0.142. The molecule has 0 spiro atoms. The first kappa shape index (κ1) is 26.6. The monoisotopic (exact) mass is 536 g/mol. The summed E-state index contributed by atoms with van der Waals surface area (Å²) in [6.45, 7) is 2.67. The van der Waals surface area contributed by atoms with Crippen LogP contribution in [0.1, 0.15) is 61.8 Å². The van der Waals surface area contributed by atoms with E-state index >= 15 is 0 Å². The van der Waals surface area contributed by atoms with Crippen molar-refractivity contribution >= 4 is 23.2 Å². The summed E-state index contributed by atoms with van der Waals surface area (Å²) in [7, 11) is 0. The van der Waals surface area contributed by atoms with Gasteiger partial charge in [-0.15, -0.1) is 0 Å². The molecule has 1 aromatic heterocycles. The van der Waals surface area contributed by atoms with E-state index in [0.717, 1.165) is 23.1 Å². The molecule has 0 radical (unpaired) electrons. The molecule has 3 aromatic carbocycles. The normalized spacial score (nSPS) is 13.5. The van der Waals surface area contributed by atoms with E-state index in [0.29, 0.717) is 43.0 Å². The number of amides is 2. The van der Waals surface area contributed by atoms with Gasteiger partial charge in [-0.2, -0.15) is 5.10 Å². The molecule has 0 bridgehead atoms. The summed E-state index contributed by atoms with van der Waals surface area (Å²) in [5.41, 5.74) is 6.50. The van der Waals surface area contributed by atoms with E-state index in [4.69, 9.17) is 4.42 Å². The summed E-state index contributed by atoms with van der Waals surface area (Å²) in [6.07, 6.45) is 1.99. The number of nitrogens with one attached hydrogen (secondary N) is 1. The Balaban J connectivity index is 1.41. The average molecular weight is 537 g/mol. The van der Waals surface area contributed by atoms with Crippen molar-refractivity contribution in [2.24, 2.45) is 5.10 Å². The van der Waals surface area contributed by atoms with Crippen LogP contribution in [0.5, 0.6) is 0 Å². The van der Waals surface area contributed by atoms with Gasteiger partial charge in [0, 0.05) is 48.3 Å². The molecule has 0 unspecified atom stereocenters. The van der Waals surface area contributed by atoms with E-state index in [1.807, 2.05) is 67.6 Å². The van der Waals surface area contributed by atoms with Gasteiger partial charge in [-0.1, -0.05) is 66.7 Å². The van der Waals surface area contributed by atoms with Gasteiger partial charge in [0.25, 0.3) is 17.5 Å². The second kappa shape index (κ2) is 11.8. The van der Waals surface area contributed by atoms with Gasteiger partial charge in [-0.3, -0.25) is 19.7 Å². The first-order valence-corrected chi connectivity index (χ1v) is 13.0. The minimum atomic E-state index is -0.558. The molecule has 0 fully saturated rings. The Kier molecular flexibility index (Phi) is 7.82. The Morgan fingerprint density at radius 2 is 1.60 bits per heavy atom. The molecule has 0 saturated heterocycles. The van der Waals surface area contributed by atoms with Gasteiger partial charge in [-0.25, -0.2) is 5.43 Å². The van der Waals surface area contributed by atoms with Crippen molar-refractivity contribution in [1.82, 2.24) is 10.3 Å². The highest BCUT2D eigenvalue weighted by Crippen LogP contribution is 2.31. The first-order chi connectivity index (χ1) is 19.4. The van der Waals surface area contributed by atoms with Gasteiger partial charge in [-0.05, 0) is 37.0 Å². The molecule has 9 nitrogen and oxygen atoms in total. The summed E-state index contributed by atoms with van der Waals surface area (Å²) >= 11 is 0. The quantitative estimate of drug-likeness (QED) is 0.225. The molecule has 2 amide bonds. The minimum absolute atomic E-state index is 0.131. The maximum Gasteiger partial charge on any atom is 0.290 e. The lowest BCUT2D eigenvalue weighted by Crippen LogP contribution is -2.30. The number of carbonyl (C=O) groups is 2. The Morgan fingerprint density at radius 3 is 2.23 bits per heavy atom. The molecule has 1 aliphatic carbocycles. The summed E-state index contributed by atoms with van der Waals surface area (Å²) in [6, 6.07) is 25.1. The van der Waals surface area contributed by atoms with E-state index in [1.165, 1.54) is 24.3 Å². The van der Waals surface area contributed by atoms with Gasteiger partial charge >= 0.3 is 0 Å². The number of nitrogens with zero attached hydrogens (tertiary/aromatic N) is 3. The van der Waals surface area contributed by atoms with Crippen molar-refractivity contribution in [3.05, 3.63) is 134 Å². The summed E-state index contributed by atoms with van der Waals surface area (Å²) in [5, 5.41) is 15.4. The number of hydrazone groups is 1. The Bertz CT molecular complexity index is 1540. The van der Waals surface area contributed by atoms with Gasteiger partial charge in [0.2, 0.25) is 0 Å². The molecule has 9 heteroatoms. The SMILES string of the molecule is Cc1c(C(=O)N(Cc2ccccc2)Cc2ccccc2)oc2c1/C(=N/NC(=O)c1cccc([N+](=O)[O-])c1)CCC2. The summed E-state index contributed by atoms with van der Waals surface area (Å²) in [4.78, 5) is 38.9. The molecule has 1 N–H and O–H groups in total. The minimum Gasteiger partial charge on any atom is -0.455 e. The highest BCUT2D eigenvalue weighted by Gasteiger charge is 2.30. The van der Waals surface area contributed by atoms with Gasteiger partial charge in [0.1, 0.15) is 5.76 Å². The van der Waals surface area contributed by atoms with Crippen LogP contribution in [0.25, 0.3) is 0 Å². The molecule has 0 atom stereocenters. The van der Waals surface area contributed by atoms with Crippen LogP contribution in [0.15, 0.2) is 94.4 Å². The van der Waals surface area contributed by atoms with E-state index in [-0.39, 0.29) is 22.9 Å². The lowest BCUT2D eigenvalue weighted by Gasteiger charge is -2.22. The van der Waals surface area contributed by atoms with Crippen LogP contribution in [0, 0.1) is 17.0 Å². The number of furan rings is 1. The Labute approximate surface area is 231 Å². The lowest BCUT2D eigenvalue weighted by molar-refractivity contribution is -0.384. The van der Waals surface area contributed by atoms with E-state index in [9.17, 15) is 19.7 Å². The van der Waals surface area contributed by atoms with Crippen LogP contribution in [0.4, 0.5) is 5.69 Å². The van der Waals surface area contributed by atoms with Gasteiger partial charge in [0.05, 0.1) is 10.6 Å². The first-order valence-electron chi connectivity index (χ1n) is 13.0. The number of hydrogen-bond acceptors (Lipinski definition) is 6. The van der Waals surface area contributed by atoms with E-state index in [2.05, 4.69) is 10.5 Å². The van der Waals surface area contributed by atoms with Gasteiger partial charge < -0.3 is 9.32 Å². The molecule has 202 valence electrons. The molecule has 1 heterocycles. The number of benzene rings is 3. The van der Waals surface area contributed by atoms with Crippen LogP contribution in [-0.4, -0.2) is 27.3 Å². The van der Waals surface area contributed by atoms with Crippen LogP contribution in [0.3, 0.4) is 0 Å². The smallest absolute Gasteiger partial charge is 0.290 e. The standard InChI is InChI=1S/C31H28N4O5/c1-21-28-26(32-33-30(36)24-14-8-15-25(18-24)35(38)39)16-9-17-27(28)40-29(21)31(37)34(19-22-10-4-2-5-11-22)20-23-12-6-3-7-13-23/h2-8,10-15,18H,9,16-17,19-20H2,1H3,(H,33,36)/b32-26+. The fourth-order valence-electron chi connectivity index (χ4n) is 4.88. The molecule has 1 aliphatic rings. The predicted octanol–water partition coefficient (Wildman–Crippen LogP) is 5.81. The highest BCUT2D eigenvalue weighted by atomic mass is 16.6. The third-order valence-electron chi connectivity index (χ3n) is 6.85. The number of aryl methyl sites for hydroxylation is 1. The molecular formula is C31H28N4O5. The second-order valence-electron chi connectivity index (χ2n) is 9.65. The van der Waals surface area contributed by atoms with Crippen LogP contribution < -0.4 is 5.43 Å². The molecule has 0 aliphatic heterocycles. The Morgan fingerprint density at radius 1 is 0.950 bits per heavy atom. The van der Waals surface area contributed by atoms with Crippen molar-refractivity contribution < 1.29 is 18.9 Å². The van der Waals surface area contributed by atoms with Crippen LogP contribution in [-0.2, 0) is 19.5 Å². The number of hydrogen-bond donors (Lipinski definition) is 1. The number of non-ortho nitro benzene ring substituents is 1. The number of fused-ring (bicyclic) bond motifs is 1. The zero-order valence-electron chi connectivity index (χ0n) is 22.0. The average Bonchev–Trinajstić information content (AvgIpc) is 3.33. The third kappa shape index (κ3) is 5.83. The molecule has 0 saturated carbocycles. The fourth-order valence-corrected chi connectivity index (χ4v) is 4.88. The molecule has 4 aromatic rings. The van der Waals surface area contributed by atoms with Crippen molar-refractivity contribution in [3.8, 4) is 0 Å². The third-order valence-corrected chi connectivity index (χ3v) is 6.85. The maximum atomic E-state index is 13.9. The molecule has 40 heavy (non-hydrogen) atoms. The zero-order chi connectivity index (χ0) is 28.1. The van der Waals surface area contributed by atoms with Crippen LogP contribution >= 0.6 is 0 Å². The van der Waals surface area contributed by atoms with E-state index in [1.54, 1.807) is 4.90 Å². The molecular weight excluding hydrogens is 508 g/mol. The molecule has 5 rings (SSSR count). The zero-order valence-corrected chi connectivity index (χ0v) is 22.0. The largest absolute Gasteiger partial charge is 0.455 e. The number of nitro benzene ring substituents is 1. The van der Waals surface area contributed by atoms with E-state index < -0.39 is 10.8 Å². The van der Waals surface area contributed by atoms with Crippen molar-refractivity contribution in [1.29, 1.82) is 0 Å². The maximum absolute atomic E-state index is 13.9. The fraction of sp³-hybridized carbons (Fsp3) is 0.194. The Hall–Kier alpha value is -5.05.